The minimum absolute atomic E-state index is 0.128. The Balaban J connectivity index is 2.15. The molecule has 0 amide bonds. The van der Waals surface area contributed by atoms with E-state index in [2.05, 4.69) is 15.0 Å². The summed E-state index contributed by atoms with van der Waals surface area (Å²) in [6.45, 7) is 2.59. The van der Waals surface area contributed by atoms with E-state index in [0.717, 1.165) is 0 Å². The first-order valence-electron chi connectivity index (χ1n) is 5.60. The lowest BCUT2D eigenvalue weighted by molar-refractivity contribution is 0.168. The molecule has 0 spiro atoms. The van der Waals surface area contributed by atoms with E-state index in [1.54, 1.807) is 17.6 Å². The molecule has 2 heterocycles. The number of nitrogens with zero attached hydrogens (tertiary/aromatic N) is 4. The minimum Gasteiger partial charge on any atom is -0.479 e. The predicted molar refractivity (Wildman–Crippen MR) is 70.6 cm³/mol. The second kappa shape index (κ2) is 5.90. The van der Waals surface area contributed by atoms with Crippen molar-refractivity contribution in [1.82, 2.24) is 19.5 Å². The highest BCUT2D eigenvalue weighted by Crippen LogP contribution is 2.21. The van der Waals surface area contributed by atoms with E-state index in [1.165, 1.54) is 7.11 Å². The van der Waals surface area contributed by atoms with Crippen molar-refractivity contribution < 1.29 is 14.0 Å². The summed E-state index contributed by atoms with van der Waals surface area (Å²) in [4.78, 5) is 12.3. The van der Waals surface area contributed by atoms with Crippen molar-refractivity contribution in [3.63, 3.8) is 0 Å². The van der Waals surface area contributed by atoms with Crippen molar-refractivity contribution in [2.24, 2.45) is 0 Å². The fourth-order valence-corrected chi connectivity index (χ4v) is 1.98. The van der Waals surface area contributed by atoms with Crippen LogP contribution in [0.15, 0.2) is 6.33 Å². The van der Waals surface area contributed by atoms with E-state index in [9.17, 15) is 4.57 Å². The zero-order chi connectivity index (χ0) is 13.8. The largest absolute Gasteiger partial charge is 0.479 e. The van der Waals surface area contributed by atoms with Crippen molar-refractivity contribution >= 4 is 24.9 Å². The Bertz CT molecular complexity index is 600. The Morgan fingerprint density at radius 1 is 1.47 bits per heavy atom. The van der Waals surface area contributed by atoms with Gasteiger partial charge >= 0.3 is 7.80 Å². The van der Waals surface area contributed by atoms with Crippen LogP contribution in [0, 0.1) is 0 Å². The summed E-state index contributed by atoms with van der Waals surface area (Å²) in [6.07, 6.45) is 1.87. The first kappa shape index (κ1) is 13.6. The molecule has 0 fully saturated rings. The van der Waals surface area contributed by atoms with Crippen LogP contribution >= 0.6 is 7.80 Å². The highest BCUT2D eigenvalue weighted by atomic mass is 31.1. The minimum atomic E-state index is -1.28. The highest BCUT2D eigenvalue weighted by molar-refractivity contribution is 7.43. The molecule has 1 unspecified atom stereocenters. The molecule has 2 aromatic rings. The van der Waals surface area contributed by atoms with Crippen LogP contribution in [-0.4, -0.2) is 46.2 Å². The summed E-state index contributed by atoms with van der Waals surface area (Å²) in [7, 11) is 0.221. The van der Waals surface area contributed by atoms with Gasteiger partial charge in [-0.25, -0.2) is 4.98 Å². The van der Waals surface area contributed by atoms with Gasteiger partial charge in [-0.1, -0.05) is 4.57 Å². The van der Waals surface area contributed by atoms with Gasteiger partial charge in [0.15, 0.2) is 11.2 Å². The van der Waals surface area contributed by atoms with E-state index < -0.39 is 7.80 Å². The summed E-state index contributed by atoms with van der Waals surface area (Å²) < 4.78 is 23.1. The van der Waals surface area contributed by atoms with E-state index in [-0.39, 0.29) is 12.3 Å². The Hall–Kier alpha value is -1.79. The van der Waals surface area contributed by atoms with Crippen LogP contribution in [-0.2, 0) is 15.8 Å². The van der Waals surface area contributed by atoms with Gasteiger partial charge in [0, 0.05) is 6.54 Å². The van der Waals surface area contributed by atoms with Gasteiger partial charge in [-0.05, 0) is 0 Å². The lowest BCUT2D eigenvalue weighted by Crippen LogP contribution is -2.07. The average molecular weight is 284 g/mol. The molecule has 9 heteroatoms. The topological polar surface area (TPSA) is 105 Å². The molecular weight excluding hydrogens is 269 g/mol. The smallest absolute Gasteiger partial charge is 0.363 e. The van der Waals surface area contributed by atoms with E-state index in [0.29, 0.717) is 30.2 Å². The van der Waals surface area contributed by atoms with Crippen LogP contribution in [0.25, 0.3) is 11.2 Å². The number of anilines is 1. The molecule has 2 aromatic heterocycles. The number of rotatable bonds is 6. The van der Waals surface area contributed by atoms with Gasteiger partial charge in [0.1, 0.15) is 6.66 Å². The number of ether oxygens (including phenoxy) is 2. The third kappa shape index (κ3) is 3.15. The number of hydrogen-bond donors (Lipinski definition) is 1. The molecule has 0 aliphatic heterocycles. The van der Waals surface area contributed by atoms with E-state index >= 15 is 0 Å². The van der Waals surface area contributed by atoms with Gasteiger partial charge in [0.2, 0.25) is 18.2 Å². The van der Waals surface area contributed by atoms with Crippen LogP contribution in [0.1, 0.15) is 0 Å². The molecule has 0 bridgehead atoms. The van der Waals surface area contributed by atoms with E-state index in [4.69, 9.17) is 15.2 Å². The third-order valence-corrected chi connectivity index (χ3v) is 2.94. The highest BCUT2D eigenvalue weighted by Gasteiger charge is 2.13. The molecule has 1 atom stereocenters. The van der Waals surface area contributed by atoms with Crippen LogP contribution in [0.2, 0.25) is 0 Å². The lowest BCUT2D eigenvalue weighted by atomic mass is 10.5. The number of fused-ring (bicyclic) bond motifs is 1. The summed E-state index contributed by atoms with van der Waals surface area (Å²) in [5.74, 6) is 0.475. The Morgan fingerprint density at radius 3 is 2.95 bits per heavy atom. The first-order chi connectivity index (χ1) is 9.11. The van der Waals surface area contributed by atoms with E-state index in [1.807, 2.05) is 0 Å². The second-order valence-corrected chi connectivity index (χ2v) is 5.38. The van der Waals surface area contributed by atoms with Crippen molar-refractivity contribution in [1.29, 1.82) is 0 Å². The number of methoxy groups -OCH3 is 1. The third-order valence-electron chi connectivity index (χ3n) is 2.39. The van der Waals surface area contributed by atoms with Crippen molar-refractivity contribution in [2.45, 2.75) is 6.54 Å². The normalized spacial score (nSPS) is 11.8. The number of imidazole rings is 1. The molecule has 0 radical (unpaired) electrons. The van der Waals surface area contributed by atoms with Gasteiger partial charge in [-0.15, -0.1) is 0 Å². The van der Waals surface area contributed by atoms with Gasteiger partial charge in [0.25, 0.3) is 0 Å². The molecule has 102 valence electrons. The van der Waals surface area contributed by atoms with Crippen LogP contribution in [0.5, 0.6) is 5.88 Å². The second-order valence-electron chi connectivity index (χ2n) is 3.87. The molecule has 0 saturated heterocycles. The quantitative estimate of drug-likeness (QED) is 0.619. The summed E-state index contributed by atoms with van der Waals surface area (Å²) in [5, 5.41) is 0. The molecule has 8 nitrogen and oxygen atoms in total. The monoisotopic (exact) mass is 284 g/mol. The Morgan fingerprint density at radius 2 is 2.26 bits per heavy atom. The predicted octanol–water partition coefficient (Wildman–Crippen LogP) is 0.848. The standard InChI is InChI=1S/C10H15N5O3P/c1-17-9-7-8(13-10(11)14-9)15(5-12-7)3-4-18-6-19(2)16/h5H,3-4,6H2,1-2H3,(H2,11,13,14)/q+1. The zero-order valence-electron chi connectivity index (χ0n) is 10.7. The molecular formula is C10H15N5O3P+. The van der Waals surface area contributed by atoms with Gasteiger partial charge in [-0.2, -0.15) is 9.97 Å². The van der Waals surface area contributed by atoms with Gasteiger partial charge in [0.05, 0.1) is 20.0 Å². The molecule has 0 aromatic carbocycles. The lowest BCUT2D eigenvalue weighted by Gasteiger charge is -2.04. The first-order valence-corrected chi connectivity index (χ1v) is 7.49. The number of aromatic nitrogens is 4. The number of hydrogen-bond acceptors (Lipinski definition) is 7. The maximum atomic E-state index is 10.9. The van der Waals surface area contributed by atoms with Crippen molar-refractivity contribution in [3.05, 3.63) is 6.33 Å². The Labute approximate surface area is 110 Å². The number of nitrogens with two attached hydrogens (primary N) is 1. The Kier molecular flexibility index (Phi) is 4.24. The van der Waals surface area contributed by atoms with Crippen LogP contribution < -0.4 is 10.5 Å². The maximum Gasteiger partial charge on any atom is 0.363 e. The maximum absolute atomic E-state index is 10.9. The zero-order valence-corrected chi connectivity index (χ0v) is 11.6. The van der Waals surface area contributed by atoms with Crippen molar-refractivity contribution in [2.75, 3.05) is 32.5 Å². The molecule has 19 heavy (non-hydrogen) atoms. The average Bonchev–Trinajstić information content (AvgIpc) is 2.76. The van der Waals surface area contributed by atoms with Crippen molar-refractivity contribution in [3.8, 4) is 5.88 Å². The molecule has 0 aliphatic rings. The summed E-state index contributed by atoms with van der Waals surface area (Å²) in [5.41, 5.74) is 6.76. The SMILES string of the molecule is COc1nc(N)nc2c1ncn2CCOC[P+](C)=O. The van der Waals surface area contributed by atoms with Gasteiger partial charge < -0.3 is 19.8 Å². The molecule has 2 rings (SSSR count). The van der Waals surface area contributed by atoms with Crippen LogP contribution in [0.3, 0.4) is 0 Å². The summed E-state index contributed by atoms with van der Waals surface area (Å²) in [6, 6.07) is 0. The van der Waals surface area contributed by atoms with Gasteiger partial charge in [-0.3, -0.25) is 0 Å². The summed E-state index contributed by atoms with van der Waals surface area (Å²) >= 11 is 0. The number of nitrogen functional groups attached to an aromatic ring is 1. The fourth-order valence-electron chi connectivity index (χ4n) is 1.60. The molecule has 0 saturated carbocycles. The van der Waals surface area contributed by atoms with Crippen LogP contribution in [0.4, 0.5) is 5.95 Å². The molecule has 0 aliphatic carbocycles. The fraction of sp³-hybridized carbons (Fsp3) is 0.500. The molecule has 2 N–H and O–H groups in total.